The van der Waals surface area contributed by atoms with Gasteiger partial charge in [0.15, 0.2) is 0 Å². The summed E-state index contributed by atoms with van der Waals surface area (Å²) < 4.78 is 0. The lowest BCUT2D eigenvalue weighted by molar-refractivity contribution is 0.628. The molecule has 0 fully saturated rings. The van der Waals surface area contributed by atoms with E-state index < -0.39 is 0 Å². The smallest absolute Gasteiger partial charge is 0.148 e. The molecule has 0 amide bonds. The summed E-state index contributed by atoms with van der Waals surface area (Å²) in [6.45, 7) is 7.01. The molecule has 0 radical (unpaired) electrons. The van der Waals surface area contributed by atoms with Crippen molar-refractivity contribution in [3.8, 4) is 0 Å². The van der Waals surface area contributed by atoms with Crippen molar-refractivity contribution < 1.29 is 0 Å². The largest absolute Gasteiger partial charge is 0.367 e. The molecule has 0 aliphatic heterocycles. The molecule has 0 bridgehead atoms. The fraction of sp³-hybridized carbons (Fsp3) is 0.636. The van der Waals surface area contributed by atoms with Gasteiger partial charge in [-0.1, -0.05) is 13.8 Å². The summed E-state index contributed by atoms with van der Waals surface area (Å²) in [6, 6.07) is 4.09. The van der Waals surface area contributed by atoms with Crippen molar-refractivity contribution in [2.75, 3.05) is 11.9 Å². The van der Waals surface area contributed by atoms with Crippen molar-refractivity contribution in [2.45, 2.75) is 33.2 Å². The molecule has 1 aromatic heterocycles. The second-order valence-corrected chi connectivity index (χ2v) is 4.37. The van der Waals surface area contributed by atoms with Crippen LogP contribution in [0.5, 0.6) is 0 Å². The molecule has 1 heterocycles. The third kappa shape index (κ3) is 4.74. The lowest BCUT2D eigenvalue weighted by Crippen LogP contribution is -2.25. The van der Waals surface area contributed by atoms with Crippen LogP contribution in [0.3, 0.4) is 0 Å². The summed E-state index contributed by atoms with van der Waals surface area (Å²) in [5, 5.41) is 11.4. The number of aromatic nitrogens is 2. The molecule has 3 N–H and O–H groups in total. The summed E-state index contributed by atoms with van der Waals surface area (Å²) >= 11 is 0. The lowest BCUT2D eigenvalue weighted by Gasteiger charge is -2.08. The molecule has 84 valence electrons. The van der Waals surface area contributed by atoms with Gasteiger partial charge in [-0.05, 0) is 31.4 Å². The zero-order valence-corrected chi connectivity index (χ0v) is 9.70. The van der Waals surface area contributed by atoms with Crippen molar-refractivity contribution in [3.05, 3.63) is 17.8 Å². The second kappa shape index (κ2) is 5.66. The number of nitrogens with two attached hydrogens (primary N) is 1. The van der Waals surface area contributed by atoms with Crippen molar-refractivity contribution in [3.63, 3.8) is 0 Å². The van der Waals surface area contributed by atoms with Crippen molar-refractivity contribution in [2.24, 2.45) is 11.7 Å². The molecule has 0 aliphatic rings. The number of hydrogen-bond acceptors (Lipinski definition) is 4. The highest BCUT2D eigenvalue weighted by Crippen LogP contribution is 2.06. The SMILES string of the molecule is CC(C)Cc1ccc(NCC(C)N)nn1. The maximum Gasteiger partial charge on any atom is 0.148 e. The van der Waals surface area contributed by atoms with Gasteiger partial charge in [0.05, 0.1) is 5.69 Å². The monoisotopic (exact) mass is 208 g/mol. The highest BCUT2D eigenvalue weighted by atomic mass is 15.2. The first kappa shape index (κ1) is 11.9. The number of rotatable bonds is 5. The Balaban J connectivity index is 2.49. The summed E-state index contributed by atoms with van der Waals surface area (Å²) in [5.41, 5.74) is 6.66. The van der Waals surface area contributed by atoms with Crippen LogP contribution in [0.4, 0.5) is 5.82 Å². The number of nitrogens with one attached hydrogen (secondary N) is 1. The molecular formula is C11H20N4. The molecule has 4 heteroatoms. The molecule has 0 saturated carbocycles. The van der Waals surface area contributed by atoms with E-state index in [9.17, 15) is 0 Å². The molecule has 0 aromatic carbocycles. The standard InChI is InChI=1S/C11H20N4/c1-8(2)6-10-4-5-11(15-14-10)13-7-9(3)12/h4-5,8-9H,6-7,12H2,1-3H3,(H,13,15). The van der Waals surface area contributed by atoms with Crippen molar-refractivity contribution in [1.29, 1.82) is 0 Å². The van der Waals surface area contributed by atoms with E-state index in [1.807, 2.05) is 19.1 Å². The zero-order chi connectivity index (χ0) is 11.3. The van der Waals surface area contributed by atoms with E-state index in [2.05, 4.69) is 29.4 Å². The predicted octanol–water partition coefficient (Wildman–Crippen LogP) is 1.43. The second-order valence-electron chi connectivity index (χ2n) is 4.37. The van der Waals surface area contributed by atoms with Crippen LogP contribution < -0.4 is 11.1 Å². The maximum absolute atomic E-state index is 5.63. The summed E-state index contributed by atoms with van der Waals surface area (Å²) in [4.78, 5) is 0. The van der Waals surface area contributed by atoms with Crippen molar-refractivity contribution in [1.82, 2.24) is 10.2 Å². The van der Waals surface area contributed by atoms with Crippen LogP contribution in [-0.4, -0.2) is 22.8 Å². The highest BCUT2D eigenvalue weighted by molar-refractivity contribution is 5.33. The van der Waals surface area contributed by atoms with Gasteiger partial charge in [0.1, 0.15) is 5.82 Å². The molecule has 0 aliphatic carbocycles. The number of hydrogen-bond donors (Lipinski definition) is 2. The van der Waals surface area contributed by atoms with Gasteiger partial charge >= 0.3 is 0 Å². The summed E-state index contributed by atoms with van der Waals surface area (Å²) in [5.74, 6) is 1.40. The van der Waals surface area contributed by atoms with E-state index in [0.717, 1.165) is 24.5 Å². The number of nitrogens with zero attached hydrogens (tertiary/aromatic N) is 2. The molecule has 1 aromatic rings. The third-order valence-corrected chi connectivity index (χ3v) is 1.94. The lowest BCUT2D eigenvalue weighted by atomic mass is 10.1. The Morgan fingerprint density at radius 1 is 1.27 bits per heavy atom. The highest BCUT2D eigenvalue weighted by Gasteiger charge is 2.01. The average Bonchev–Trinajstić information content (AvgIpc) is 2.16. The average molecular weight is 208 g/mol. The minimum Gasteiger partial charge on any atom is -0.367 e. The van der Waals surface area contributed by atoms with Crippen LogP contribution in [0.25, 0.3) is 0 Å². The van der Waals surface area contributed by atoms with Crippen LogP contribution in [0, 0.1) is 5.92 Å². The normalized spacial score (nSPS) is 12.9. The Morgan fingerprint density at radius 2 is 2.00 bits per heavy atom. The van der Waals surface area contributed by atoms with E-state index in [1.165, 1.54) is 0 Å². The Kier molecular flexibility index (Phi) is 4.49. The molecule has 15 heavy (non-hydrogen) atoms. The van der Waals surface area contributed by atoms with Crippen molar-refractivity contribution >= 4 is 5.82 Å². The van der Waals surface area contributed by atoms with E-state index >= 15 is 0 Å². The van der Waals surface area contributed by atoms with Gasteiger partial charge in [-0.3, -0.25) is 0 Å². The maximum atomic E-state index is 5.63. The van der Waals surface area contributed by atoms with E-state index in [1.54, 1.807) is 0 Å². The van der Waals surface area contributed by atoms with Gasteiger partial charge in [-0.25, -0.2) is 0 Å². The molecule has 1 unspecified atom stereocenters. The minimum absolute atomic E-state index is 0.127. The Hall–Kier alpha value is -1.16. The fourth-order valence-electron chi connectivity index (χ4n) is 1.25. The minimum atomic E-state index is 0.127. The van der Waals surface area contributed by atoms with Crippen LogP contribution in [0.2, 0.25) is 0 Å². The molecule has 1 rings (SSSR count). The molecule has 0 saturated heterocycles. The molecular weight excluding hydrogens is 188 g/mol. The topological polar surface area (TPSA) is 63.8 Å². The first-order valence-corrected chi connectivity index (χ1v) is 5.40. The molecule has 0 spiro atoms. The van der Waals surface area contributed by atoms with Gasteiger partial charge in [0.2, 0.25) is 0 Å². The first-order chi connectivity index (χ1) is 7.08. The summed E-state index contributed by atoms with van der Waals surface area (Å²) in [6.07, 6.45) is 0.973. The third-order valence-electron chi connectivity index (χ3n) is 1.94. The predicted molar refractivity (Wildman–Crippen MR) is 62.7 cm³/mol. The van der Waals surface area contributed by atoms with E-state index in [4.69, 9.17) is 5.73 Å². The van der Waals surface area contributed by atoms with Gasteiger partial charge in [-0.2, -0.15) is 5.10 Å². The summed E-state index contributed by atoms with van der Waals surface area (Å²) in [7, 11) is 0. The molecule has 4 nitrogen and oxygen atoms in total. The van der Waals surface area contributed by atoms with Crippen LogP contribution >= 0.6 is 0 Å². The van der Waals surface area contributed by atoms with E-state index in [-0.39, 0.29) is 6.04 Å². The van der Waals surface area contributed by atoms with Gasteiger partial charge in [-0.15, -0.1) is 5.10 Å². The fourth-order valence-corrected chi connectivity index (χ4v) is 1.25. The van der Waals surface area contributed by atoms with Crippen LogP contribution in [0.15, 0.2) is 12.1 Å². The van der Waals surface area contributed by atoms with Gasteiger partial charge < -0.3 is 11.1 Å². The number of anilines is 1. The van der Waals surface area contributed by atoms with Gasteiger partial charge in [0.25, 0.3) is 0 Å². The molecule has 1 atom stereocenters. The first-order valence-electron chi connectivity index (χ1n) is 5.40. The van der Waals surface area contributed by atoms with Crippen LogP contribution in [-0.2, 0) is 6.42 Å². The Labute approximate surface area is 91.3 Å². The quantitative estimate of drug-likeness (QED) is 0.768. The van der Waals surface area contributed by atoms with Crippen LogP contribution in [0.1, 0.15) is 26.5 Å². The zero-order valence-electron chi connectivity index (χ0n) is 9.70. The van der Waals surface area contributed by atoms with Gasteiger partial charge in [0, 0.05) is 12.6 Å². The Morgan fingerprint density at radius 3 is 2.47 bits per heavy atom. The Bertz CT molecular complexity index is 279. The van der Waals surface area contributed by atoms with E-state index in [0.29, 0.717) is 5.92 Å².